The van der Waals surface area contributed by atoms with E-state index in [1.54, 1.807) is 0 Å². The van der Waals surface area contributed by atoms with E-state index in [1.165, 1.54) is 12.8 Å². The summed E-state index contributed by atoms with van der Waals surface area (Å²) < 4.78 is 18.1. The Kier molecular flexibility index (Phi) is 5.88. The van der Waals surface area contributed by atoms with Crippen LogP contribution in [-0.2, 0) is 4.57 Å². The fourth-order valence-corrected chi connectivity index (χ4v) is 3.30. The lowest BCUT2D eigenvalue weighted by atomic mass is 10.3. The number of hydrogen-bond acceptors (Lipinski definition) is 2. The Morgan fingerprint density at radius 1 is 0.900 bits per heavy atom. The molecule has 2 rings (SSSR count). The predicted octanol–water partition coefficient (Wildman–Crippen LogP) is 3.77. The molecule has 0 aliphatic rings. The summed E-state index contributed by atoms with van der Waals surface area (Å²) >= 11 is 0. The number of benzene rings is 2. The van der Waals surface area contributed by atoms with E-state index in [1.807, 2.05) is 54.6 Å². The largest absolute Gasteiger partial charge is 0.494 e. The molecule has 0 radical (unpaired) electrons. The van der Waals surface area contributed by atoms with Crippen LogP contribution in [0.5, 0.6) is 5.75 Å². The van der Waals surface area contributed by atoms with E-state index < -0.39 is 7.80 Å². The summed E-state index contributed by atoms with van der Waals surface area (Å²) in [5.41, 5.74) is 0. The van der Waals surface area contributed by atoms with Crippen molar-refractivity contribution in [3.8, 4) is 5.75 Å². The zero-order valence-corrected chi connectivity index (χ0v) is 12.8. The van der Waals surface area contributed by atoms with E-state index in [0.29, 0.717) is 0 Å². The summed E-state index contributed by atoms with van der Waals surface area (Å²) in [6.07, 6.45) is 3.47. The average Bonchev–Trinajstić information content (AvgIpc) is 2.52. The second-order valence-electron chi connectivity index (χ2n) is 4.78. The summed E-state index contributed by atoms with van der Waals surface area (Å²) in [7, 11) is -1.90. The van der Waals surface area contributed by atoms with Gasteiger partial charge in [-0.25, -0.2) is 0 Å². The second-order valence-corrected chi connectivity index (χ2v) is 6.59. The Bertz CT molecular complexity index is 535. The number of hydrogen-bond donors (Lipinski definition) is 0. The van der Waals surface area contributed by atoms with Crippen LogP contribution in [0, 0.1) is 0 Å². The van der Waals surface area contributed by atoms with Crippen LogP contribution in [0.15, 0.2) is 54.6 Å². The summed E-state index contributed by atoms with van der Waals surface area (Å²) in [6.45, 7) is 2.93. The molecule has 0 spiro atoms. The SMILES string of the molecule is CCCCCOc1ccc([PH](=O)c2ccccc2)cc1. The molecule has 1 unspecified atom stereocenters. The van der Waals surface area contributed by atoms with Crippen molar-refractivity contribution in [2.75, 3.05) is 6.61 Å². The number of ether oxygens (including phenoxy) is 1. The topological polar surface area (TPSA) is 26.3 Å². The molecule has 0 heterocycles. The van der Waals surface area contributed by atoms with Gasteiger partial charge in [-0.2, -0.15) is 0 Å². The third kappa shape index (κ3) is 4.25. The molecule has 0 saturated carbocycles. The predicted molar refractivity (Wildman–Crippen MR) is 86.2 cm³/mol. The third-order valence-corrected chi connectivity index (χ3v) is 4.88. The van der Waals surface area contributed by atoms with Gasteiger partial charge in [-0.05, 0) is 30.7 Å². The second kappa shape index (κ2) is 7.91. The minimum Gasteiger partial charge on any atom is -0.494 e. The fourth-order valence-electron chi connectivity index (χ4n) is 2.00. The van der Waals surface area contributed by atoms with Crippen LogP contribution >= 0.6 is 7.80 Å². The van der Waals surface area contributed by atoms with Gasteiger partial charge in [0.25, 0.3) is 0 Å². The molecule has 0 aliphatic heterocycles. The monoisotopic (exact) mass is 288 g/mol. The van der Waals surface area contributed by atoms with Crippen molar-refractivity contribution in [3.63, 3.8) is 0 Å². The van der Waals surface area contributed by atoms with Crippen molar-refractivity contribution in [1.82, 2.24) is 0 Å². The molecule has 2 aromatic carbocycles. The van der Waals surface area contributed by atoms with Gasteiger partial charge in [0.15, 0.2) is 0 Å². The van der Waals surface area contributed by atoms with Crippen LogP contribution in [0.2, 0.25) is 0 Å². The zero-order valence-electron chi connectivity index (χ0n) is 11.8. The first-order chi connectivity index (χ1) is 9.81. The van der Waals surface area contributed by atoms with Gasteiger partial charge >= 0.3 is 0 Å². The molecule has 20 heavy (non-hydrogen) atoms. The number of unbranched alkanes of at least 4 members (excludes halogenated alkanes) is 2. The Balaban J connectivity index is 1.96. The van der Waals surface area contributed by atoms with Gasteiger partial charge in [-0.1, -0.05) is 50.1 Å². The molecule has 0 bridgehead atoms. The van der Waals surface area contributed by atoms with Gasteiger partial charge in [0.05, 0.1) is 6.61 Å². The van der Waals surface area contributed by atoms with Crippen molar-refractivity contribution < 1.29 is 9.30 Å². The van der Waals surface area contributed by atoms with E-state index >= 15 is 0 Å². The first kappa shape index (κ1) is 14.9. The molecule has 106 valence electrons. The van der Waals surface area contributed by atoms with Crippen molar-refractivity contribution in [3.05, 3.63) is 54.6 Å². The lowest BCUT2D eigenvalue weighted by Gasteiger charge is -2.07. The zero-order chi connectivity index (χ0) is 14.2. The highest BCUT2D eigenvalue weighted by Gasteiger charge is 2.06. The molecule has 3 heteroatoms. The minimum absolute atomic E-state index is 0.751. The lowest BCUT2D eigenvalue weighted by molar-refractivity contribution is 0.306. The molecule has 1 atom stereocenters. The van der Waals surface area contributed by atoms with Gasteiger partial charge in [0.1, 0.15) is 13.6 Å². The van der Waals surface area contributed by atoms with Crippen molar-refractivity contribution >= 4 is 18.4 Å². The number of rotatable bonds is 7. The van der Waals surface area contributed by atoms with Gasteiger partial charge in [-0.3, -0.25) is 0 Å². The maximum absolute atomic E-state index is 12.4. The van der Waals surface area contributed by atoms with Crippen molar-refractivity contribution in [1.29, 1.82) is 0 Å². The highest BCUT2D eigenvalue weighted by Crippen LogP contribution is 2.21. The molecule has 0 saturated heterocycles. The lowest BCUT2D eigenvalue weighted by Crippen LogP contribution is -2.06. The van der Waals surface area contributed by atoms with E-state index in [9.17, 15) is 4.57 Å². The summed E-state index contributed by atoms with van der Waals surface area (Å²) in [5, 5.41) is 1.77. The smallest absolute Gasteiger partial charge is 0.131 e. The van der Waals surface area contributed by atoms with E-state index in [2.05, 4.69) is 6.92 Å². The molecular weight excluding hydrogens is 267 g/mol. The molecule has 0 aliphatic carbocycles. The standard InChI is InChI=1S/C17H21O2P/c1-2-3-7-14-19-15-10-12-17(13-11-15)20(18)16-8-5-4-6-9-16/h4-6,8-13,20H,2-3,7,14H2,1H3. The molecule has 0 amide bonds. The highest BCUT2D eigenvalue weighted by atomic mass is 31.1. The summed E-state index contributed by atoms with van der Waals surface area (Å²) in [6, 6.07) is 17.2. The van der Waals surface area contributed by atoms with E-state index in [4.69, 9.17) is 4.74 Å². The van der Waals surface area contributed by atoms with Crippen LogP contribution in [-0.4, -0.2) is 6.61 Å². The van der Waals surface area contributed by atoms with Crippen LogP contribution in [0.3, 0.4) is 0 Å². The summed E-state index contributed by atoms with van der Waals surface area (Å²) in [5.74, 6) is 0.854. The quantitative estimate of drug-likeness (QED) is 0.572. The van der Waals surface area contributed by atoms with Crippen molar-refractivity contribution in [2.24, 2.45) is 0 Å². The Labute approximate surface area is 121 Å². The first-order valence-electron chi connectivity index (χ1n) is 7.14. The average molecular weight is 288 g/mol. The van der Waals surface area contributed by atoms with Crippen LogP contribution in [0.4, 0.5) is 0 Å². The van der Waals surface area contributed by atoms with Crippen LogP contribution < -0.4 is 15.3 Å². The van der Waals surface area contributed by atoms with Gasteiger partial charge in [0.2, 0.25) is 0 Å². The fraction of sp³-hybridized carbons (Fsp3) is 0.294. The van der Waals surface area contributed by atoms with Gasteiger partial charge < -0.3 is 9.30 Å². The highest BCUT2D eigenvalue weighted by molar-refractivity contribution is 7.61. The first-order valence-corrected chi connectivity index (χ1v) is 8.54. The molecule has 2 aromatic rings. The Morgan fingerprint density at radius 3 is 2.20 bits per heavy atom. The third-order valence-electron chi connectivity index (χ3n) is 3.17. The molecule has 0 fully saturated rings. The van der Waals surface area contributed by atoms with E-state index in [0.717, 1.165) is 29.4 Å². The van der Waals surface area contributed by atoms with Crippen LogP contribution in [0.25, 0.3) is 0 Å². The summed E-state index contributed by atoms with van der Waals surface area (Å²) in [4.78, 5) is 0. The minimum atomic E-state index is -1.90. The van der Waals surface area contributed by atoms with E-state index in [-0.39, 0.29) is 0 Å². The van der Waals surface area contributed by atoms with Gasteiger partial charge in [0, 0.05) is 10.6 Å². The van der Waals surface area contributed by atoms with Crippen LogP contribution in [0.1, 0.15) is 26.2 Å². The molecule has 2 nitrogen and oxygen atoms in total. The van der Waals surface area contributed by atoms with Gasteiger partial charge in [-0.15, -0.1) is 0 Å². The Hall–Kier alpha value is -1.53. The molecule has 0 N–H and O–H groups in total. The molecular formula is C17H21O2P. The molecule has 0 aromatic heterocycles. The normalized spacial score (nSPS) is 12.1. The maximum atomic E-state index is 12.4. The maximum Gasteiger partial charge on any atom is 0.131 e. The van der Waals surface area contributed by atoms with Crippen molar-refractivity contribution in [2.45, 2.75) is 26.2 Å². The Morgan fingerprint density at radius 2 is 1.55 bits per heavy atom.